The highest BCUT2D eigenvalue weighted by Gasteiger charge is 2.14. The van der Waals surface area contributed by atoms with E-state index in [0.29, 0.717) is 6.54 Å². The summed E-state index contributed by atoms with van der Waals surface area (Å²) in [7, 11) is 0. The lowest BCUT2D eigenvalue weighted by molar-refractivity contribution is -0.384. The largest absolute Gasteiger partial charge is 0.364 e. The van der Waals surface area contributed by atoms with Crippen molar-refractivity contribution in [1.29, 1.82) is 0 Å². The predicted molar refractivity (Wildman–Crippen MR) is 71.2 cm³/mol. The minimum absolute atomic E-state index is 0.0801. The number of hydrogen-bond donors (Lipinski definition) is 1. The summed E-state index contributed by atoms with van der Waals surface area (Å²) >= 11 is 5.73. The summed E-state index contributed by atoms with van der Waals surface area (Å²) in [4.78, 5) is 14.3. The molecule has 0 saturated heterocycles. The Morgan fingerprint density at radius 2 is 2.32 bits per heavy atom. The van der Waals surface area contributed by atoms with Crippen LogP contribution < -0.4 is 5.32 Å². The second-order valence-electron chi connectivity index (χ2n) is 3.81. The topological polar surface area (TPSA) is 85.9 Å². The molecule has 100 valence electrons. The van der Waals surface area contributed by atoms with Crippen LogP contribution in [0.1, 0.15) is 6.42 Å². The van der Waals surface area contributed by atoms with Crippen molar-refractivity contribution in [3.63, 3.8) is 0 Å². The summed E-state index contributed by atoms with van der Waals surface area (Å²) in [5.74, 6) is 0.193. The van der Waals surface area contributed by atoms with Crippen molar-refractivity contribution in [3.05, 3.63) is 45.9 Å². The number of rotatable bonds is 6. The van der Waals surface area contributed by atoms with E-state index in [-0.39, 0.29) is 16.7 Å². The van der Waals surface area contributed by atoms with Crippen LogP contribution in [0.5, 0.6) is 0 Å². The highest BCUT2D eigenvalue weighted by molar-refractivity contribution is 6.29. The maximum Gasteiger partial charge on any atom is 0.311 e. The third-order valence-electron chi connectivity index (χ3n) is 2.45. The van der Waals surface area contributed by atoms with E-state index in [2.05, 4.69) is 15.4 Å². The molecule has 0 aliphatic rings. The fourth-order valence-corrected chi connectivity index (χ4v) is 1.73. The quantitative estimate of drug-likeness (QED) is 0.380. The maximum atomic E-state index is 10.8. The van der Waals surface area contributed by atoms with Gasteiger partial charge in [0.1, 0.15) is 5.15 Å². The minimum Gasteiger partial charge on any atom is -0.364 e. The SMILES string of the molecule is O=[N+]([O-])c1ccc(Cl)nc1NCCCn1cccn1. The van der Waals surface area contributed by atoms with Crippen molar-refractivity contribution in [1.82, 2.24) is 14.8 Å². The van der Waals surface area contributed by atoms with E-state index in [1.54, 1.807) is 10.9 Å². The molecular weight excluding hydrogens is 270 g/mol. The summed E-state index contributed by atoms with van der Waals surface area (Å²) in [5, 5.41) is 18.0. The lowest BCUT2D eigenvalue weighted by Gasteiger charge is -2.06. The first-order valence-corrected chi connectivity index (χ1v) is 6.07. The minimum atomic E-state index is -0.487. The van der Waals surface area contributed by atoms with Crippen molar-refractivity contribution >= 4 is 23.1 Å². The van der Waals surface area contributed by atoms with E-state index in [1.165, 1.54) is 12.1 Å². The Morgan fingerprint density at radius 3 is 3.00 bits per heavy atom. The Morgan fingerprint density at radius 1 is 1.47 bits per heavy atom. The van der Waals surface area contributed by atoms with Crippen molar-refractivity contribution in [2.75, 3.05) is 11.9 Å². The molecule has 0 aromatic carbocycles. The van der Waals surface area contributed by atoms with Crippen molar-refractivity contribution in [2.45, 2.75) is 13.0 Å². The van der Waals surface area contributed by atoms with Gasteiger partial charge >= 0.3 is 5.69 Å². The molecule has 1 N–H and O–H groups in total. The van der Waals surface area contributed by atoms with Crippen molar-refractivity contribution < 1.29 is 4.92 Å². The van der Waals surface area contributed by atoms with Gasteiger partial charge in [0.2, 0.25) is 5.82 Å². The highest BCUT2D eigenvalue weighted by atomic mass is 35.5. The number of aromatic nitrogens is 3. The fraction of sp³-hybridized carbons (Fsp3) is 0.273. The van der Waals surface area contributed by atoms with Crippen molar-refractivity contribution in [2.24, 2.45) is 0 Å². The van der Waals surface area contributed by atoms with Gasteiger partial charge in [-0.15, -0.1) is 0 Å². The zero-order chi connectivity index (χ0) is 13.7. The summed E-state index contributed by atoms with van der Waals surface area (Å²) in [6, 6.07) is 4.58. The Bertz CT molecular complexity index is 558. The van der Waals surface area contributed by atoms with Crippen LogP contribution in [0.25, 0.3) is 0 Å². The van der Waals surface area contributed by atoms with Gasteiger partial charge in [0.25, 0.3) is 0 Å². The van der Waals surface area contributed by atoms with Crippen LogP contribution in [0, 0.1) is 10.1 Å². The number of nitrogens with one attached hydrogen (secondary N) is 1. The molecule has 0 aliphatic heterocycles. The maximum absolute atomic E-state index is 10.8. The number of nitrogens with zero attached hydrogens (tertiary/aromatic N) is 4. The lowest BCUT2D eigenvalue weighted by Crippen LogP contribution is -2.09. The number of hydrogen-bond acceptors (Lipinski definition) is 5. The molecule has 0 atom stereocenters. The van der Waals surface area contributed by atoms with E-state index >= 15 is 0 Å². The number of halogens is 1. The average Bonchev–Trinajstić information content (AvgIpc) is 2.87. The number of aryl methyl sites for hydroxylation is 1. The molecule has 8 heteroatoms. The molecule has 0 amide bonds. The van der Waals surface area contributed by atoms with E-state index < -0.39 is 4.92 Å². The molecule has 7 nitrogen and oxygen atoms in total. The van der Waals surface area contributed by atoms with E-state index in [1.807, 2.05) is 12.3 Å². The van der Waals surface area contributed by atoms with Crippen LogP contribution in [-0.2, 0) is 6.54 Å². The Labute approximate surface area is 114 Å². The number of pyridine rings is 1. The molecule has 2 heterocycles. The lowest BCUT2D eigenvalue weighted by atomic mass is 10.3. The Balaban J connectivity index is 1.91. The third-order valence-corrected chi connectivity index (χ3v) is 2.66. The van der Waals surface area contributed by atoms with Crippen LogP contribution in [0.15, 0.2) is 30.6 Å². The molecule has 0 bridgehead atoms. The van der Waals surface area contributed by atoms with Gasteiger partial charge in [-0.3, -0.25) is 14.8 Å². The molecule has 0 aliphatic carbocycles. The molecule has 2 aromatic heterocycles. The van der Waals surface area contributed by atoms with Gasteiger partial charge in [-0.05, 0) is 18.6 Å². The second kappa shape index (κ2) is 6.14. The molecule has 2 rings (SSSR count). The molecule has 0 saturated carbocycles. The van der Waals surface area contributed by atoms with Crippen LogP contribution in [0.2, 0.25) is 5.15 Å². The molecule has 2 aromatic rings. The smallest absolute Gasteiger partial charge is 0.311 e. The van der Waals surface area contributed by atoms with Gasteiger partial charge in [0.15, 0.2) is 0 Å². The van der Waals surface area contributed by atoms with Crippen LogP contribution in [-0.4, -0.2) is 26.2 Å². The summed E-state index contributed by atoms with van der Waals surface area (Å²) in [5.41, 5.74) is -0.0801. The number of nitro groups is 1. The normalized spacial score (nSPS) is 10.4. The molecule has 0 spiro atoms. The van der Waals surface area contributed by atoms with Gasteiger partial charge in [0.05, 0.1) is 4.92 Å². The van der Waals surface area contributed by atoms with Crippen molar-refractivity contribution in [3.8, 4) is 0 Å². The van der Waals surface area contributed by atoms with E-state index in [9.17, 15) is 10.1 Å². The summed E-state index contributed by atoms with van der Waals surface area (Å²) < 4.78 is 1.79. The van der Waals surface area contributed by atoms with Crippen LogP contribution in [0.3, 0.4) is 0 Å². The van der Waals surface area contributed by atoms with Gasteiger partial charge in [0, 0.05) is 31.5 Å². The van der Waals surface area contributed by atoms with Crippen LogP contribution in [0.4, 0.5) is 11.5 Å². The first kappa shape index (κ1) is 13.3. The third kappa shape index (κ3) is 3.65. The molecule has 0 fully saturated rings. The van der Waals surface area contributed by atoms with E-state index in [4.69, 9.17) is 11.6 Å². The molecule has 0 radical (unpaired) electrons. The van der Waals surface area contributed by atoms with E-state index in [0.717, 1.165) is 13.0 Å². The van der Waals surface area contributed by atoms with Crippen LogP contribution >= 0.6 is 11.6 Å². The molecular formula is C11H12ClN5O2. The van der Waals surface area contributed by atoms with Gasteiger partial charge in [-0.2, -0.15) is 5.10 Å². The average molecular weight is 282 g/mol. The molecule has 19 heavy (non-hydrogen) atoms. The predicted octanol–water partition coefficient (Wildman–Crippen LogP) is 2.34. The second-order valence-corrected chi connectivity index (χ2v) is 4.20. The van der Waals surface area contributed by atoms with Gasteiger partial charge in [-0.1, -0.05) is 11.6 Å². The van der Waals surface area contributed by atoms with Gasteiger partial charge in [-0.25, -0.2) is 4.98 Å². The first-order valence-electron chi connectivity index (χ1n) is 5.69. The summed E-state index contributed by atoms with van der Waals surface area (Å²) in [6.45, 7) is 1.28. The standard InChI is InChI=1S/C11H12ClN5O2/c12-10-4-3-9(17(18)19)11(15-10)13-5-1-7-16-8-2-6-14-16/h2-4,6,8H,1,5,7H2,(H,13,15). The first-order chi connectivity index (χ1) is 9.16. The van der Waals surface area contributed by atoms with Gasteiger partial charge < -0.3 is 5.32 Å². The monoisotopic (exact) mass is 281 g/mol. The number of anilines is 1. The zero-order valence-corrected chi connectivity index (χ0v) is 10.7. The Hall–Kier alpha value is -2.15. The summed E-state index contributed by atoms with van der Waals surface area (Å²) in [6.07, 6.45) is 4.34. The molecule has 0 unspecified atom stereocenters. The Kier molecular flexibility index (Phi) is 4.30. The highest BCUT2D eigenvalue weighted by Crippen LogP contribution is 2.23. The zero-order valence-electron chi connectivity index (χ0n) is 9.99. The fourth-order valence-electron chi connectivity index (χ4n) is 1.59.